The predicted molar refractivity (Wildman–Crippen MR) is 137 cm³/mol. The maximum Gasteiger partial charge on any atom is 0.245 e. The van der Waals surface area contributed by atoms with Crippen molar-refractivity contribution in [2.75, 3.05) is 19.8 Å². The molecule has 188 valence electrons. The average Bonchev–Trinajstić information content (AvgIpc) is 3.07. The summed E-state index contributed by atoms with van der Waals surface area (Å²) in [6.07, 6.45) is 2.02. The normalized spacial score (nSPS) is 12.1. The van der Waals surface area contributed by atoms with Crippen molar-refractivity contribution in [2.45, 2.75) is 73.3 Å². The fraction of sp³-hybridized carbons (Fsp3) is 0.556. The lowest BCUT2D eigenvalue weighted by Crippen LogP contribution is -2.36. The van der Waals surface area contributed by atoms with Crippen LogP contribution in [0.15, 0.2) is 12.1 Å². The van der Waals surface area contributed by atoms with Crippen molar-refractivity contribution in [2.24, 2.45) is 5.92 Å². The van der Waals surface area contributed by atoms with Gasteiger partial charge >= 0.3 is 0 Å². The summed E-state index contributed by atoms with van der Waals surface area (Å²) in [4.78, 5) is 26.3. The molecule has 1 atom stereocenters. The van der Waals surface area contributed by atoms with Crippen molar-refractivity contribution in [3.05, 3.63) is 49.7 Å². The van der Waals surface area contributed by atoms with Gasteiger partial charge in [0.05, 0.1) is 4.88 Å². The van der Waals surface area contributed by atoms with Crippen LogP contribution in [0.5, 0.6) is 5.75 Å². The fourth-order valence-corrected chi connectivity index (χ4v) is 5.26. The monoisotopic (exact) mass is 489 g/mol. The van der Waals surface area contributed by atoms with Crippen LogP contribution in [0.25, 0.3) is 0 Å². The van der Waals surface area contributed by atoms with E-state index in [4.69, 9.17) is 9.84 Å². The van der Waals surface area contributed by atoms with Gasteiger partial charge in [-0.2, -0.15) is 0 Å². The Kier molecular flexibility index (Phi) is 10.7. The Labute approximate surface area is 207 Å². The quantitative estimate of drug-likeness (QED) is 0.368. The summed E-state index contributed by atoms with van der Waals surface area (Å²) < 4.78 is 5.87. The summed E-state index contributed by atoms with van der Waals surface area (Å²) in [5.74, 6) is 0.955. The van der Waals surface area contributed by atoms with Crippen molar-refractivity contribution in [1.82, 2.24) is 5.32 Å². The number of Topliss-reactive ketones (excluding diaryl/α,β-unsaturated/α-hetero) is 1. The van der Waals surface area contributed by atoms with Crippen LogP contribution in [0.1, 0.15) is 69.6 Å². The second-order valence-corrected chi connectivity index (χ2v) is 10.5. The molecule has 0 saturated carbocycles. The van der Waals surface area contributed by atoms with Crippen molar-refractivity contribution in [3.63, 3.8) is 0 Å². The van der Waals surface area contributed by atoms with Crippen LogP contribution < -0.4 is 10.1 Å². The molecule has 3 N–H and O–H groups in total. The van der Waals surface area contributed by atoms with E-state index in [1.807, 2.05) is 19.9 Å². The molecule has 34 heavy (non-hydrogen) atoms. The smallest absolute Gasteiger partial charge is 0.245 e. The number of hydrogen-bond acceptors (Lipinski definition) is 6. The zero-order chi connectivity index (χ0) is 25.4. The Hall–Kier alpha value is -2.22. The number of ketones is 1. The molecule has 0 saturated heterocycles. The number of thiophene rings is 1. The lowest BCUT2D eigenvalue weighted by molar-refractivity contribution is -0.124. The van der Waals surface area contributed by atoms with Crippen LogP contribution in [-0.2, 0) is 24.1 Å². The number of carbonyl (C=O) groups excluding carboxylic acids is 2. The third-order valence-electron chi connectivity index (χ3n) is 5.87. The van der Waals surface area contributed by atoms with Gasteiger partial charge in [0.15, 0.2) is 5.78 Å². The summed E-state index contributed by atoms with van der Waals surface area (Å²) in [5.41, 5.74) is 5.54. The first-order chi connectivity index (χ1) is 16.1. The van der Waals surface area contributed by atoms with Crippen LogP contribution in [0.4, 0.5) is 0 Å². The third-order valence-corrected chi connectivity index (χ3v) is 7.16. The molecule has 1 amide bonds. The van der Waals surface area contributed by atoms with Crippen molar-refractivity contribution >= 4 is 23.0 Å². The fourth-order valence-electron chi connectivity index (χ4n) is 4.10. The molecule has 0 spiro atoms. The maximum absolute atomic E-state index is 13.0. The van der Waals surface area contributed by atoms with Gasteiger partial charge in [0.1, 0.15) is 25.1 Å². The zero-order valence-corrected chi connectivity index (χ0v) is 22.1. The van der Waals surface area contributed by atoms with Gasteiger partial charge in [-0.15, -0.1) is 11.3 Å². The zero-order valence-electron chi connectivity index (χ0n) is 21.3. The number of rotatable bonds is 13. The number of nitrogens with one attached hydrogen (secondary N) is 1. The van der Waals surface area contributed by atoms with Gasteiger partial charge in [-0.1, -0.05) is 32.9 Å². The minimum atomic E-state index is -0.880. The highest BCUT2D eigenvalue weighted by Crippen LogP contribution is 2.31. The first-order valence-corrected chi connectivity index (χ1v) is 12.8. The minimum Gasteiger partial charge on any atom is -0.490 e. The van der Waals surface area contributed by atoms with E-state index in [1.165, 1.54) is 10.4 Å². The molecule has 1 aromatic heterocycles. The molecule has 0 unspecified atom stereocenters. The topological polar surface area (TPSA) is 95.9 Å². The summed E-state index contributed by atoms with van der Waals surface area (Å²) in [7, 11) is 0. The molecule has 2 aromatic rings. The second kappa shape index (κ2) is 13.0. The van der Waals surface area contributed by atoms with Crippen molar-refractivity contribution in [1.29, 1.82) is 0 Å². The molecule has 7 heteroatoms. The molecule has 0 fully saturated rings. The summed E-state index contributed by atoms with van der Waals surface area (Å²) in [6, 6.07) is 4.12. The van der Waals surface area contributed by atoms with Crippen LogP contribution in [0.3, 0.4) is 0 Å². The molecule has 1 heterocycles. The highest BCUT2D eigenvalue weighted by Gasteiger charge is 2.19. The molecule has 0 bridgehead atoms. The maximum atomic E-state index is 13.0. The van der Waals surface area contributed by atoms with Gasteiger partial charge in [0.2, 0.25) is 5.91 Å². The van der Waals surface area contributed by atoms with Gasteiger partial charge in [0, 0.05) is 17.8 Å². The van der Waals surface area contributed by atoms with Crippen LogP contribution in [-0.4, -0.2) is 47.8 Å². The van der Waals surface area contributed by atoms with E-state index in [2.05, 4.69) is 39.1 Å². The van der Waals surface area contributed by atoms with Crippen molar-refractivity contribution in [3.8, 4) is 5.75 Å². The van der Waals surface area contributed by atoms with Crippen molar-refractivity contribution < 1.29 is 24.5 Å². The standard InChI is InChI=1S/C27H39NO5S/c1-7-21-12-20(11-17(4)26(21)33-15-22(30)13-28-25(32)14-29)8-9-24(31)27-18(5)23(10-16(2)3)19(6)34-27/h11-12,16,22,29-30H,7-10,13-15H2,1-6H3,(H,28,32)/t22-/m1/s1. The van der Waals surface area contributed by atoms with Gasteiger partial charge in [0.25, 0.3) is 0 Å². The molecule has 0 aliphatic rings. The average molecular weight is 490 g/mol. The largest absolute Gasteiger partial charge is 0.490 e. The highest BCUT2D eigenvalue weighted by molar-refractivity contribution is 7.14. The minimum absolute atomic E-state index is 0.0145. The summed E-state index contributed by atoms with van der Waals surface area (Å²) in [5, 5.41) is 21.2. The number of carbonyl (C=O) groups is 2. The Morgan fingerprint density at radius 1 is 1.18 bits per heavy atom. The van der Waals surface area contributed by atoms with E-state index in [0.29, 0.717) is 18.8 Å². The van der Waals surface area contributed by atoms with E-state index >= 15 is 0 Å². The lowest BCUT2D eigenvalue weighted by Gasteiger charge is -2.18. The van der Waals surface area contributed by atoms with E-state index in [0.717, 1.165) is 45.7 Å². The molecular weight excluding hydrogens is 450 g/mol. The van der Waals surface area contributed by atoms with E-state index in [-0.39, 0.29) is 18.9 Å². The molecule has 6 nitrogen and oxygen atoms in total. The first kappa shape index (κ1) is 28.0. The number of aliphatic hydroxyl groups is 2. The Morgan fingerprint density at radius 2 is 1.88 bits per heavy atom. The van der Waals surface area contributed by atoms with Gasteiger partial charge < -0.3 is 20.3 Å². The Morgan fingerprint density at radius 3 is 2.50 bits per heavy atom. The Bertz CT molecular complexity index is 995. The number of aliphatic hydroxyl groups excluding tert-OH is 2. The molecule has 2 rings (SSSR count). The second-order valence-electron chi connectivity index (χ2n) is 9.29. The SMILES string of the molecule is CCc1cc(CCC(=O)c2sc(C)c(CC(C)C)c2C)cc(C)c1OC[C@H](O)CNC(=O)CO. The number of hydrogen-bond donors (Lipinski definition) is 3. The Balaban J connectivity index is 2.04. The van der Waals surface area contributed by atoms with Crippen LogP contribution in [0.2, 0.25) is 0 Å². The third kappa shape index (κ3) is 7.65. The van der Waals surface area contributed by atoms with E-state index in [9.17, 15) is 14.7 Å². The molecule has 0 radical (unpaired) electrons. The van der Waals surface area contributed by atoms with Crippen LogP contribution >= 0.6 is 11.3 Å². The van der Waals surface area contributed by atoms with E-state index < -0.39 is 18.6 Å². The lowest BCUT2D eigenvalue weighted by atomic mass is 9.96. The van der Waals surface area contributed by atoms with Gasteiger partial charge in [-0.05, 0) is 73.8 Å². The molecule has 1 aromatic carbocycles. The predicted octanol–water partition coefficient (Wildman–Crippen LogP) is 4.10. The molecule has 0 aliphatic heterocycles. The number of aryl methyl sites for hydroxylation is 4. The molecule has 0 aliphatic carbocycles. The highest BCUT2D eigenvalue weighted by atomic mass is 32.1. The van der Waals surface area contributed by atoms with E-state index in [1.54, 1.807) is 11.3 Å². The summed E-state index contributed by atoms with van der Waals surface area (Å²) in [6.45, 7) is 12.0. The van der Waals surface area contributed by atoms with Gasteiger partial charge in [-0.25, -0.2) is 0 Å². The number of benzene rings is 1. The van der Waals surface area contributed by atoms with Gasteiger partial charge in [-0.3, -0.25) is 9.59 Å². The van der Waals surface area contributed by atoms with Crippen LogP contribution in [0, 0.1) is 26.7 Å². The number of ether oxygens (including phenoxy) is 1. The summed E-state index contributed by atoms with van der Waals surface area (Å²) >= 11 is 1.62. The first-order valence-electron chi connectivity index (χ1n) is 12.0. The number of amides is 1. The molecular formula is C27H39NO5S.